The summed E-state index contributed by atoms with van der Waals surface area (Å²) < 4.78 is 10.8. The molecule has 0 saturated carbocycles. The van der Waals surface area contributed by atoms with Gasteiger partial charge in [0.25, 0.3) is 0 Å². The van der Waals surface area contributed by atoms with Crippen LogP contribution in [0.3, 0.4) is 0 Å². The average Bonchev–Trinajstić information content (AvgIpc) is 3.01. The summed E-state index contributed by atoms with van der Waals surface area (Å²) in [5.41, 5.74) is 10.3. The Bertz CT molecular complexity index is 841. The molecule has 6 nitrogen and oxygen atoms in total. The first-order valence-corrected chi connectivity index (χ1v) is 7.47. The maximum Gasteiger partial charge on any atom is 0.231 e. The maximum absolute atomic E-state index is 9.58. The number of benzene rings is 1. The van der Waals surface area contributed by atoms with Crippen LogP contribution in [0, 0.1) is 11.3 Å². The highest BCUT2D eigenvalue weighted by atomic mass is 16.7. The van der Waals surface area contributed by atoms with Gasteiger partial charge in [-0.1, -0.05) is 6.07 Å². The van der Waals surface area contributed by atoms with Gasteiger partial charge in [-0.15, -0.1) is 0 Å². The van der Waals surface area contributed by atoms with E-state index in [0.717, 1.165) is 47.6 Å². The first-order valence-electron chi connectivity index (χ1n) is 7.47. The average molecular weight is 308 g/mol. The third-order valence-corrected chi connectivity index (χ3v) is 4.34. The molecule has 2 aliphatic heterocycles. The second-order valence-electron chi connectivity index (χ2n) is 5.84. The summed E-state index contributed by atoms with van der Waals surface area (Å²) in [6, 6.07) is 7.94. The van der Waals surface area contributed by atoms with Crippen LogP contribution in [0.4, 0.5) is 5.82 Å². The lowest BCUT2D eigenvalue weighted by Gasteiger charge is -2.27. The molecule has 1 aromatic carbocycles. The Kier molecular flexibility index (Phi) is 3.10. The van der Waals surface area contributed by atoms with Crippen LogP contribution in [-0.2, 0) is 13.0 Å². The predicted octanol–water partition coefficient (Wildman–Crippen LogP) is 1.92. The summed E-state index contributed by atoms with van der Waals surface area (Å²) in [6.45, 7) is 1.91. The highest BCUT2D eigenvalue weighted by Crippen LogP contribution is 2.40. The molecule has 3 heterocycles. The van der Waals surface area contributed by atoms with Crippen LogP contribution < -0.4 is 15.2 Å². The number of pyridine rings is 1. The summed E-state index contributed by atoms with van der Waals surface area (Å²) in [7, 11) is 2.06. The number of aromatic nitrogens is 1. The molecule has 0 radical (unpaired) electrons. The number of nitrogens with two attached hydrogens (primary N) is 1. The highest BCUT2D eigenvalue weighted by molar-refractivity contribution is 5.80. The summed E-state index contributed by atoms with van der Waals surface area (Å²) >= 11 is 0. The molecule has 4 rings (SSSR count). The second kappa shape index (κ2) is 5.14. The van der Waals surface area contributed by atoms with Gasteiger partial charge in [0, 0.05) is 30.8 Å². The highest BCUT2D eigenvalue weighted by Gasteiger charge is 2.25. The minimum absolute atomic E-state index is 0.225. The molecule has 6 heteroatoms. The number of hydrogen-bond donors (Lipinski definition) is 1. The van der Waals surface area contributed by atoms with E-state index in [1.807, 2.05) is 18.2 Å². The van der Waals surface area contributed by atoms with Crippen molar-refractivity contribution in [1.29, 1.82) is 5.26 Å². The van der Waals surface area contributed by atoms with Crippen LogP contribution in [-0.4, -0.2) is 30.3 Å². The first kappa shape index (κ1) is 13.9. The maximum atomic E-state index is 9.58. The van der Waals surface area contributed by atoms with Crippen molar-refractivity contribution in [3.05, 3.63) is 35.0 Å². The zero-order valence-corrected chi connectivity index (χ0v) is 12.8. The monoisotopic (exact) mass is 308 g/mol. The number of ether oxygens (including phenoxy) is 2. The second-order valence-corrected chi connectivity index (χ2v) is 5.84. The van der Waals surface area contributed by atoms with Gasteiger partial charge in [0.1, 0.15) is 17.5 Å². The van der Waals surface area contributed by atoms with E-state index in [4.69, 9.17) is 15.2 Å². The molecule has 0 aliphatic carbocycles. The number of fused-ring (bicyclic) bond motifs is 2. The molecule has 2 N–H and O–H groups in total. The smallest absolute Gasteiger partial charge is 0.231 e. The van der Waals surface area contributed by atoms with Crippen LogP contribution in [0.2, 0.25) is 0 Å². The molecular weight excluding hydrogens is 292 g/mol. The lowest BCUT2D eigenvalue weighted by atomic mass is 9.91. The minimum Gasteiger partial charge on any atom is -0.454 e. The Morgan fingerprint density at radius 1 is 1.30 bits per heavy atom. The van der Waals surface area contributed by atoms with Gasteiger partial charge in [-0.2, -0.15) is 5.26 Å². The van der Waals surface area contributed by atoms with E-state index < -0.39 is 0 Å². The van der Waals surface area contributed by atoms with Crippen molar-refractivity contribution >= 4 is 5.82 Å². The Labute approximate surface area is 134 Å². The summed E-state index contributed by atoms with van der Waals surface area (Å²) in [5, 5.41) is 9.58. The zero-order chi connectivity index (χ0) is 16.0. The number of likely N-dealkylation sites (N-methyl/N-ethyl adjacent to an activating group) is 1. The SMILES string of the molecule is CN1CCc2nc(N)c(C#N)c(-c3ccc4c(c3)OCO4)c2C1. The number of nitrogen functional groups attached to an aromatic ring is 1. The summed E-state index contributed by atoms with van der Waals surface area (Å²) in [6.07, 6.45) is 0.833. The Hall–Kier alpha value is -2.78. The van der Waals surface area contributed by atoms with E-state index in [-0.39, 0.29) is 6.79 Å². The minimum atomic E-state index is 0.225. The third-order valence-electron chi connectivity index (χ3n) is 4.34. The zero-order valence-electron chi connectivity index (χ0n) is 12.8. The first-order chi connectivity index (χ1) is 11.2. The van der Waals surface area contributed by atoms with Crippen LogP contribution in [0.15, 0.2) is 18.2 Å². The van der Waals surface area contributed by atoms with Gasteiger partial charge in [-0.05, 0) is 30.3 Å². The van der Waals surface area contributed by atoms with Gasteiger partial charge in [0.05, 0.1) is 0 Å². The molecule has 0 fully saturated rings. The number of nitrogens with zero attached hydrogens (tertiary/aromatic N) is 3. The molecule has 1 aromatic heterocycles. The Morgan fingerprint density at radius 2 is 2.13 bits per heavy atom. The quantitative estimate of drug-likeness (QED) is 0.866. The van der Waals surface area contributed by atoms with Gasteiger partial charge in [-0.25, -0.2) is 4.98 Å². The van der Waals surface area contributed by atoms with Crippen molar-refractivity contribution in [1.82, 2.24) is 9.88 Å². The van der Waals surface area contributed by atoms with E-state index in [9.17, 15) is 5.26 Å². The van der Waals surface area contributed by atoms with E-state index >= 15 is 0 Å². The van der Waals surface area contributed by atoms with Crippen LogP contribution in [0.25, 0.3) is 11.1 Å². The van der Waals surface area contributed by atoms with Gasteiger partial charge in [0.15, 0.2) is 11.5 Å². The van der Waals surface area contributed by atoms with Crippen molar-refractivity contribution in [3.8, 4) is 28.7 Å². The fourth-order valence-electron chi connectivity index (χ4n) is 3.20. The molecule has 0 atom stereocenters. The molecule has 0 bridgehead atoms. The molecule has 0 amide bonds. The number of hydrogen-bond acceptors (Lipinski definition) is 6. The molecule has 2 aromatic rings. The van der Waals surface area contributed by atoms with Gasteiger partial charge < -0.3 is 20.1 Å². The summed E-state index contributed by atoms with van der Waals surface area (Å²) in [4.78, 5) is 6.67. The van der Waals surface area contributed by atoms with Crippen LogP contribution >= 0.6 is 0 Å². The molecule has 0 unspecified atom stereocenters. The molecule has 0 spiro atoms. The normalized spacial score (nSPS) is 16.0. The fourth-order valence-corrected chi connectivity index (χ4v) is 3.20. The van der Waals surface area contributed by atoms with Crippen LogP contribution in [0.5, 0.6) is 11.5 Å². The van der Waals surface area contributed by atoms with Gasteiger partial charge in [0.2, 0.25) is 6.79 Å². The van der Waals surface area contributed by atoms with Crippen molar-refractivity contribution in [3.63, 3.8) is 0 Å². The van der Waals surface area contributed by atoms with E-state index in [0.29, 0.717) is 17.1 Å². The van der Waals surface area contributed by atoms with Crippen molar-refractivity contribution < 1.29 is 9.47 Å². The number of rotatable bonds is 1. The lowest BCUT2D eigenvalue weighted by Crippen LogP contribution is -2.28. The largest absolute Gasteiger partial charge is 0.454 e. The summed E-state index contributed by atoms with van der Waals surface area (Å²) in [5.74, 6) is 1.71. The lowest BCUT2D eigenvalue weighted by molar-refractivity contribution is 0.174. The number of nitriles is 1. The Morgan fingerprint density at radius 3 is 2.96 bits per heavy atom. The topological polar surface area (TPSA) is 84.4 Å². The molecule has 2 aliphatic rings. The Balaban J connectivity index is 1.96. The van der Waals surface area contributed by atoms with E-state index in [2.05, 4.69) is 23.0 Å². The standard InChI is InChI=1S/C17H16N4O2/c1-21-5-4-13-12(8-21)16(11(7-18)17(19)20-13)10-2-3-14-15(6-10)23-9-22-14/h2-3,6H,4-5,8-9H2,1H3,(H2,19,20). The van der Waals surface area contributed by atoms with Crippen LogP contribution in [0.1, 0.15) is 16.8 Å². The van der Waals surface area contributed by atoms with Crippen molar-refractivity contribution in [2.45, 2.75) is 13.0 Å². The molecular formula is C17H16N4O2. The fraction of sp³-hybridized carbons (Fsp3) is 0.294. The predicted molar refractivity (Wildman–Crippen MR) is 85.0 cm³/mol. The third kappa shape index (κ3) is 2.17. The van der Waals surface area contributed by atoms with Crippen molar-refractivity contribution in [2.75, 3.05) is 26.1 Å². The molecule has 116 valence electrons. The molecule has 23 heavy (non-hydrogen) atoms. The van der Waals surface area contributed by atoms with E-state index in [1.54, 1.807) is 0 Å². The van der Waals surface area contributed by atoms with E-state index in [1.165, 1.54) is 0 Å². The van der Waals surface area contributed by atoms with Gasteiger partial charge in [-0.3, -0.25) is 0 Å². The number of anilines is 1. The molecule has 0 saturated heterocycles. The van der Waals surface area contributed by atoms with Gasteiger partial charge >= 0.3 is 0 Å². The van der Waals surface area contributed by atoms with Crippen molar-refractivity contribution in [2.24, 2.45) is 0 Å².